The van der Waals surface area contributed by atoms with E-state index >= 15 is 0 Å². The predicted octanol–water partition coefficient (Wildman–Crippen LogP) is 12.1. The number of anilines is 4. The van der Waals surface area contributed by atoms with Crippen molar-refractivity contribution in [2.24, 2.45) is 0 Å². The standard InChI is InChI=1S/C23H19N5O.C22H26BN3O2.C7H5BrN2O.CH4/c1-14(15-5-3-2-4-6-15)27-22-18-11-16(7-9-19(18)25-13-26-22)17-8-10-21-20(12-17)28-23(24)29-21;1-15(16-9-7-6-8-10-16)26-20-18-13-17(11-12-19(18)24-14-25-20)23-27-21(2,3)22(4,5)28-23;8-4-1-2-6-5(3-4)10-7(9)11-6;/h2-14H,1H3,(H2,24,28)(H,25,26,27);6-15H,1-5H3,(H,24,25,26);1-3H,(H2,9,10);1H4. The molecular weight excluding hydrogens is 931 g/mol. The molecule has 4 aromatic heterocycles. The third-order valence-electron chi connectivity index (χ3n) is 12.2. The number of oxazole rings is 2. The van der Waals surface area contributed by atoms with Crippen molar-refractivity contribution in [3.8, 4) is 11.1 Å². The second-order valence-corrected chi connectivity index (χ2v) is 18.4. The van der Waals surface area contributed by atoms with Crippen molar-refractivity contribution in [3.05, 3.63) is 162 Å². The van der Waals surface area contributed by atoms with Crippen LogP contribution in [0.25, 0.3) is 55.1 Å². The first kappa shape index (κ1) is 48.1. The second-order valence-electron chi connectivity index (χ2n) is 17.5. The first-order valence-electron chi connectivity index (χ1n) is 22.2. The Kier molecular flexibility index (Phi) is 14.0. The van der Waals surface area contributed by atoms with Gasteiger partial charge in [-0.05, 0) is 124 Å². The maximum atomic E-state index is 6.21. The van der Waals surface area contributed by atoms with Crippen molar-refractivity contribution in [1.29, 1.82) is 0 Å². The lowest BCUT2D eigenvalue weighted by molar-refractivity contribution is 0.00578. The minimum atomic E-state index is -0.408. The molecule has 1 saturated heterocycles. The molecular formula is C53H54BBrN10O4. The number of benzene rings is 6. The van der Waals surface area contributed by atoms with Gasteiger partial charge < -0.3 is 40.2 Å². The molecule has 1 aliphatic rings. The van der Waals surface area contributed by atoms with E-state index in [0.29, 0.717) is 11.2 Å². The topological polar surface area (TPSA) is 198 Å². The highest BCUT2D eigenvalue weighted by Crippen LogP contribution is 2.37. The summed E-state index contributed by atoms with van der Waals surface area (Å²) in [5.74, 6) is 1.61. The summed E-state index contributed by atoms with van der Waals surface area (Å²) < 4.78 is 23.8. The van der Waals surface area contributed by atoms with Gasteiger partial charge >= 0.3 is 7.12 Å². The number of halogens is 1. The van der Waals surface area contributed by atoms with E-state index in [1.165, 1.54) is 11.1 Å². The van der Waals surface area contributed by atoms with Gasteiger partial charge in [0, 0.05) is 27.3 Å². The molecule has 0 spiro atoms. The van der Waals surface area contributed by atoms with E-state index in [0.717, 1.165) is 65.5 Å². The Morgan fingerprint density at radius 3 is 1.55 bits per heavy atom. The number of nitrogens with zero attached hydrogens (tertiary/aromatic N) is 6. The van der Waals surface area contributed by atoms with E-state index in [2.05, 4.69) is 134 Å². The molecule has 2 unspecified atom stereocenters. The van der Waals surface area contributed by atoms with Crippen molar-refractivity contribution >= 4 is 96.2 Å². The molecule has 1 aliphatic heterocycles. The number of hydrogen-bond donors (Lipinski definition) is 4. The molecule has 0 radical (unpaired) electrons. The Labute approximate surface area is 409 Å². The minimum absolute atomic E-state index is 0. The Hall–Kier alpha value is -7.40. The monoisotopic (exact) mass is 984 g/mol. The lowest BCUT2D eigenvalue weighted by atomic mass is 9.78. The molecule has 16 heteroatoms. The average Bonchev–Trinajstić information content (AvgIpc) is 3.98. The van der Waals surface area contributed by atoms with E-state index in [4.69, 9.17) is 29.6 Å². The van der Waals surface area contributed by atoms with Crippen molar-refractivity contribution in [1.82, 2.24) is 29.9 Å². The van der Waals surface area contributed by atoms with Crippen LogP contribution in [0.3, 0.4) is 0 Å². The lowest BCUT2D eigenvalue weighted by Gasteiger charge is -2.32. The number of fused-ring (bicyclic) bond motifs is 4. The first-order valence-corrected chi connectivity index (χ1v) is 22.9. The van der Waals surface area contributed by atoms with Gasteiger partial charge in [-0.25, -0.2) is 19.9 Å². The average molecular weight is 986 g/mol. The van der Waals surface area contributed by atoms with Crippen LogP contribution in [0.2, 0.25) is 0 Å². The molecule has 350 valence electrons. The largest absolute Gasteiger partial charge is 0.494 e. The highest BCUT2D eigenvalue weighted by molar-refractivity contribution is 9.10. The molecule has 0 saturated carbocycles. The molecule has 1 fully saturated rings. The summed E-state index contributed by atoms with van der Waals surface area (Å²) in [6.45, 7) is 12.5. The quantitative estimate of drug-likeness (QED) is 0.105. The van der Waals surface area contributed by atoms with Gasteiger partial charge in [-0.15, -0.1) is 0 Å². The number of aromatic nitrogens is 6. The van der Waals surface area contributed by atoms with Crippen LogP contribution in [0.1, 0.15) is 72.2 Å². The number of nitrogens with one attached hydrogen (secondary N) is 2. The molecule has 2 atom stereocenters. The van der Waals surface area contributed by atoms with Crippen LogP contribution in [-0.4, -0.2) is 48.2 Å². The summed E-state index contributed by atoms with van der Waals surface area (Å²) >= 11 is 3.32. The van der Waals surface area contributed by atoms with Crippen LogP contribution in [0.4, 0.5) is 23.7 Å². The fourth-order valence-corrected chi connectivity index (χ4v) is 8.12. The second kappa shape index (κ2) is 20.1. The van der Waals surface area contributed by atoms with E-state index in [9.17, 15) is 0 Å². The SMILES string of the molecule is C.CC(Nc1ncnc2ccc(-c3ccc4oc(N)nc4c3)cc12)c1ccccc1.CC(Nc1ncnc2ccc(B3OC(C)(C)C(C)(C)O3)cc12)c1ccccc1.Nc1nc2cc(Br)ccc2o1. The molecule has 6 N–H and O–H groups in total. The summed E-state index contributed by atoms with van der Waals surface area (Å²) in [4.78, 5) is 26.0. The molecule has 14 nitrogen and oxygen atoms in total. The predicted molar refractivity (Wildman–Crippen MR) is 282 cm³/mol. The van der Waals surface area contributed by atoms with Gasteiger partial charge in [0.15, 0.2) is 11.2 Å². The third kappa shape index (κ3) is 10.7. The minimum Gasteiger partial charge on any atom is -0.424 e. The van der Waals surface area contributed by atoms with Gasteiger partial charge in [-0.3, -0.25) is 0 Å². The summed E-state index contributed by atoms with van der Waals surface area (Å²) in [5.41, 5.74) is 20.4. The zero-order valence-electron chi connectivity index (χ0n) is 38.4. The summed E-state index contributed by atoms with van der Waals surface area (Å²) in [7, 11) is -0.408. The highest BCUT2D eigenvalue weighted by atomic mass is 79.9. The van der Waals surface area contributed by atoms with Crippen molar-refractivity contribution in [2.45, 2.75) is 72.3 Å². The smallest absolute Gasteiger partial charge is 0.424 e. The Morgan fingerprint density at radius 1 is 0.536 bits per heavy atom. The number of hydrogen-bond acceptors (Lipinski definition) is 14. The molecule has 0 bridgehead atoms. The number of nitrogen functional groups attached to an aromatic ring is 2. The van der Waals surface area contributed by atoms with Crippen LogP contribution < -0.4 is 27.6 Å². The lowest BCUT2D eigenvalue weighted by Crippen LogP contribution is -2.41. The molecule has 11 rings (SSSR count). The van der Waals surface area contributed by atoms with Crippen LogP contribution in [0.15, 0.2) is 159 Å². The zero-order chi connectivity index (χ0) is 47.6. The van der Waals surface area contributed by atoms with Crippen LogP contribution >= 0.6 is 15.9 Å². The number of nitrogens with two attached hydrogens (primary N) is 2. The Balaban J connectivity index is 0.000000151. The van der Waals surface area contributed by atoms with E-state index in [1.807, 2.05) is 97.1 Å². The fraction of sp³-hybridized carbons (Fsp3) is 0.208. The summed E-state index contributed by atoms with van der Waals surface area (Å²) in [5, 5.41) is 8.96. The number of rotatable bonds is 8. The molecule has 6 aromatic carbocycles. The van der Waals surface area contributed by atoms with E-state index in [1.54, 1.807) is 12.7 Å². The van der Waals surface area contributed by atoms with Gasteiger partial charge in [0.1, 0.15) is 35.3 Å². The van der Waals surface area contributed by atoms with Crippen molar-refractivity contribution < 1.29 is 18.1 Å². The van der Waals surface area contributed by atoms with Crippen molar-refractivity contribution in [3.63, 3.8) is 0 Å². The summed E-state index contributed by atoms with van der Waals surface area (Å²) in [6.07, 6.45) is 3.18. The molecule has 0 aliphatic carbocycles. The van der Waals surface area contributed by atoms with Crippen LogP contribution in [0, 0.1) is 0 Å². The molecule has 0 amide bonds. The zero-order valence-corrected chi connectivity index (χ0v) is 40.0. The van der Waals surface area contributed by atoms with E-state index < -0.39 is 7.12 Å². The maximum absolute atomic E-state index is 6.21. The van der Waals surface area contributed by atoms with Gasteiger partial charge in [-0.2, -0.15) is 9.97 Å². The van der Waals surface area contributed by atoms with E-state index in [-0.39, 0.29) is 42.7 Å². The Bertz CT molecular complexity index is 3350. The Morgan fingerprint density at radius 2 is 1.00 bits per heavy atom. The molecule has 5 heterocycles. The molecule has 69 heavy (non-hydrogen) atoms. The maximum Gasteiger partial charge on any atom is 0.494 e. The third-order valence-corrected chi connectivity index (χ3v) is 12.7. The van der Waals surface area contributed by atoms with Crippen molar-refractivity contribution in [2.75, 3.05) is 22.1 Å². The summed E-state index contributed by atoms with van der Waals surface area (Å²) in [6, 6.07) is 44.9. The van der Waals surface area contributed by atoms with Gasteiger partial charge in [0.2, 0.25) is 0 Å². The normalized spacial score (nSPS) is 14.6. The first-order chi connectivity index (χ1) is 32.7. The highest BCUT2D eigenvalue weighted by Gasteiger charge is 2.51. The fourth-order valence-electron chi connectivity index (χ4n) is 7.77. The van der Waals surface area contributed by atoms with Gasteiger partial charge in [0.05, 0.1) is 22.2 Å². The van der Waals surface area contributed by atoms with Gasteiger partial charge in [0.25, 0.3) is 12.0 Å². The van der Waals surface area contributed by atoms with Gasteiger partial charge in [-0.1, -0.05) is 102 Å². The van der Waals surface area contributed by atoms with Crippen LogP contribution in [0.5, 0.6) is 0 Å². The molecule has 10 aromatic rings. The van der Waals surface area contributed by atoms with Crippen LogP contribution in [-0.2, 0) is 9.31 Å².